The number of hydrogen-bond donors (Lipinski definition) is 3. The molecule has 0 unspecified atom stereocenters. The molecule has 0 aliphatic heterocycles. The fraction of sp³-hybridized carbons (Fsp3) is 0.143. The van der Waals surface area contributed by atoms with Crippen LogP contribution in [-0.4, -0.2) is 46.0 Å². The van der Waals surface area contributed by atoms with E-state index in [1.807, 2.05) is 0 Å². The molecule has 136 valence electrons. The number of diazo groups is 1. The smallest absolute Gasteiger partial charge is 0.450 e. The van der Waals surface area contributed by atoms with Gasteiger partial charge in [-0.05, 0) is 0 Å². The first kappa shape index (κ1) is 22.9. The summed E-state index contributed by atoms with van der Waals surface area (Å²) in [6.07, 6.45) is 0. The molecule has 0 aromatic heterocycles. The molecule has 12 nitrogen and oxygen atoms in total. The van der Waals surface area contributed by atoms with Crippen LogP contribution in [0.25, 0.3) is 4.98 Å². The van der Waals surface area contributed by atoms with E-state index in [1.54, 1.807) is 0 Å². The van der Waals surface area contributed by atoms with E-state index in [0.717, 1.165) is 7.11 Å². The van der Waals surface area contributed by atoms with Crippen LogP contribution in [0.2, 0.25) is 5.02 Å². The van der Waals surface area contributed by atoms with Crippen molar-refractivity contribution in [2.75, 3.05) is 7.11 Å². The lowest BCUT2D eigenvalue weighted by atomic mass is 10.3. The van der Waals surface area contributed by atoms with Crippen LogP contribution in [0.4, 0.5) is 5.69 Å². The van der Waals surface area contributed by atoms with E-state index in [2.05, 4.69) is 9.71 Å². The van der Waals surface area contributed by atoms with Crippen LogP contribution in [0.3, 0.4) is 0 Å². The second kappa shape index (κ2) is 7.05. The van der Waals surface area contributed by atoms with Crippen LogP contribution in [0.1, 0.15) is 0 Å². The fourth-order valence-corrected chi connectivity index (χ4v) is 5.24. The second-order valence-electron chi connectivity index (χ2n) is 3.71. The first-order valence-electron chi connectivity index (χ1n) is 4.89. The van der Waals surface area contributed by atoms with Gasteiger partial charge in [0.1, 0.15) is 4.90 Å². The molecular weight excluding hydrogens is 484 g/mol. The van der Waals surface area contributed by atoms with Crippen molar-refractivity contribution in [2.24, 2.45) is 0 Å². The maximum Gasteiger partial charge on any atom is 0.450 e. The lowest BCUT2D eigenvalue weighted by Crippen LogP contribution is -3.00. The van der Waals surface area contributed by atoms with Gasteiger partial charge in [0.2, 0.25) is 16.0 Å². The molecule has 0 atom stereocenters. The molecule has 0 amide bonds. The number of ether oxygens (including phenoxy) is 1. The normalized spacial score (nSPS) is 12.2. The molecule has 0 spiro atoms. The molecule has 0 bridgehead atoms. The van der Waals surface area contributed by atoms with Gasteiger partial charge in [0.15, 0.2) is 9.87 Å². The zero-order valence-corrected chi connectivity index (χ0v) is 15.9. The van der Waals surface area contributed by atoms with Gasteiger partial charge in [0.25, 0.3) is 20.2 Å². The van der Waals surface area contributed by atoms with E-state index in [0.29, 0.717) is 0 Å². The van der Waals surface area contributed by atoms with Gasteiger partial charge >= 0.3 is 15.8 Å². The Morgan fingerprint density at radius 1 is 0.917 bits per heavy atom. The van der Waals surface area contributed by atoms with Crippen LogP contribution < -0.4 is 21.7 Å². The number of hydrogen-bond acceptors (Lipinski definition) is 8. The summed E-state index contributed by atoms with van der Waals surface area (Å²) in [6.45, 7) is 0. The van der Waals surface area contributed by atoms with Gasteiger partial charge in [-0.25, -0.2) is 0 Å². The Hall–Kier alpha value is -1.06. The lowest BCUT2D eigenvalue weighted by Gasteiger charge is -2.11. The molecule has 17 heteroatoms. The van der Waals surface area contributed by atoms with Crippen LogP contribution in [0.5, 0.6) is 5.75 Å². The minimum absolute atomic E-state index is 0. The summed E-state index contributed by atoms with van der Waals surface area (Å²) < 4.78 is 99.6. The van der Waals surface area contributed by atoms with Gasteiger partial charge in [-0.15, -0.1) is 0 Å². The standard InChI is InChI=1S/C7H5ClN2O10S3.BrH/c1-20-4-3(10-9)7(23(17,18)19)6(22(14,15)16)2(8)5(4)21(11,12)13;/h1H3,(H2-,11,12,13,14,15,16,17,18,19);1H. The summed E-state index contributed by atoms with van der Waals surface area (Å²) in [7, 11) is -15.7. The highest BCUT2D eigenvalue weighted by atomic mass is 79.9. The molecule has 0 saturated heterocycles. The van der Waals surface area contributed by atoms with E-state index >= 15 is 0 Å². The Morgan fingerprint density at radius 2 is 1.29 bits per heavy atom. The van der Waals surface area contributed by atoms with Gasteiger partial charge in [0, 0.05) is 0 Å². The Bertz CT molecular complexity index is 1040. The Kier molecular flexibility index (Phi) is 6.74. The molecule has 0 radical (unpaired) electrons. The summed E-state index contributed by atoms with van der Waals surface area (Å²) >= 11 is 5.44. The van der Waals surface area contributed by atoms with Gasteiger partial charge < -0.3 is 21.7 Å². The zero-order chi connectivity index (χ0) is 18.4. The van der Waals surface area contributed by atoms with E-state index in [1.165, 1.54) is 0 Å². The fourth-order valence-electron chi connectivity index (χ4n) is 1.60. The van der Waals surface area contributed by atoms with Crippen molar-refractivity contribution in [2.45, 2.75) is 14.7 Å². The average molecular weight is 490 g/mol. The molecule has 1 aromatic rings. The zero-order valence-electron chi connectivity index (χ0n) is 11.1. The van der Waals surface area contributed by atoms with Crippen molar-refractivity contribution >= 4 is 47.6 Å². The number of benzene rings is 1. The molecule has 3 N–H and O–H groups in total. The number of nitrogens with zero attached hydrogens (tertiary/aromatic N) is 2. The summed E-state index contributed by atoms with van der Waals surface area (Å²) in [5, 5.41) is 7.33. The van der Waals surface area contributed by atoms with Gasteiger partial charge in [0.05, 0.1) is 12.1 Å². The van der Waals surface area contributed by atoms with Crippen molar-refractivity contribution in [3.8, 4) is 5.75 Å². The molecular formula is C7H6BrClN2O10S3. The summed E-state index contributed by atoms with van der Waals surface area (Å²) in [4.78, 5) is -2.77. The number of rotatable bonds is 4. The van der Waals surface area contributed by atoms with Crippen LogP contribution in [0, 0.1) is 5.39 Å². The Labute approximate surface area is 151 Å². The monoisotopic (exact) mass is 488 g/mol. The van der Waals surface area contributed by atoms with Crippen molar-refractivity contribution in [3.05, 3.63) is 10.00 Å². The molecule has 24 heavy (non-hydrogen) atoms. The van der Waals surface area contributed by atoms with Crippen molar-refractivity contribution in [1.29, 1.82) is 5.39 Å². The highest BCUT2D eigenvalue weighted by molar-refractivity contribution is 7.89. The summed E-state index contributed by atoms with van der Waals surface area (Å²) in [6, 6.07) is 0. The summed E-state index contributed by atoms with van der Waals surface area (Å²) in [5.74, 6) is -1.19. The minimum atomic E-state index is -5.56. The molecule has 0 aliphatic carbocycles. The molecule has 1 aromatic carbocycles. The van der Waals surface area contributed by atoms with Crippen molar-refractivity contribution < 1.29 is 60.6 Å². The van der Waals surface area contributed by atoms with E-state index in [-0.39, 0.29) is 17.0 Å². The second-order valence-corrected chi connectivity index (χ2v) is 8.16. The van der Waals surface area contributed by atoms with Crippen molar-refractivity contribution in [1.82, 2.24) is 0 Å². The SMILES string of the molecule is COc1c([N+]#N)c(S(=O)(=O)O)c(S(=O)(=O)O)c(Cl)c1S(=O)(=O)O.[Br-]. The molecule has 0 heterocycles. The first-order valence-corrected chi connectivity index (χ1v) is 9.58. The predicted octanol–water partition coefficient (Wildman–Crippen LogP) is -2.42. The lowest BCUT2D eigenvalue weighted by molar-refractivity contribution is -0.0000175. The number of methoxy groups -OCH3 is 1. The van der Waals surface area contributed by atoms with Gasteiger partial charge in [-0.2, -0.15) is 25.3 Å². The largest absolute Gasteiger partial charge is 1.00 e. The van der Waals surface area contributed by atoms with Crippen LogP contribution in [0.15, 0.2) is 14.7 Å². The van der Waals surface area contributed by atoms with E-state index in [4.69, 9.17) is 30.7 Å². The molecule has 0 fully saturated rings. The highest BCUT2D eigenvalue weighted by Gasteiger charge is 2.45. The third kappa shape index (κ3) is 4.12. The quantitative estimate of drug-likeness (QED) is 0.300. The number of halogens is 2. The molecule has 0 aliphatic rings. The maximum absolute atomic E-state index is 11.3. The van der Waals surface area contributed by atoms with Crippen LogP contribution >= 0.6 is 11.6 Å². The average Bonchev–Trinajstić information content (AvgIpc) is 2.32. The predicted molar refractivity (Wildman–Crippen MR) is 72.2 cm³/mol. The third-order valence-corrected chi connectivity index (χ3v) is 5.79. The van der Waals surface area contributed by atoms with Crippen LogP contribution in [-0.2, 0) is 30.4 Å². The highest BCUT2D eigenvalue weighted by Crippen LogP contribution is 2.48. The third-order valence-electron chi connectivity index (χ3n) is 2.32. The molecule has 0 saturated carbocycles. The van der Waals surface area contributed by atoms with E-state index in [9.17, 15) is 25.3 Å². The summed E-state index contributed by atoms with van der Waals surface area (Å²) in [5.41, 5.74) is -1.43. The maximum atomic E-state index is 11.3. The van der Waals surface area contributed by atoms with Gasteiger partial charge in [-0.3, -0.25) is 13.7 Å². The Morgan fingerprint density at radius 3 is 1.54 bits per heavy atom. The van der Waals surface area contributed by atoms with Crippen molar-refractivity contribution in [3.63, 3.8) is 0 Å². The topological polar surface area (TPSA) is 200 Å². The van der Waals surface area contributed by atoms with Gasteiger partial charge in [-0.1, -0.05) is 11.6 Å². The van der Waals surface area contributed by atoms with E-state index < -0.39 is 61.5 Å². The first-order chi connectivity index (χ1) is 10.2. The minimum Gasteiger partial charge on any atom is -1.00 e. The Balaban J connectivity index is 0.00000529. The molecule has 1 rings (SSSR count).